The minimum atomic E-state index is -0.794. The molecule has 6 nitrogen and oxygen atoms in total. The second-order valence-corrected chi connectivity index (χ2v) is 6.72. The Bertz CT molecular complexity index is 630. The number of nitrogens with zero attached hydrogens (tertiary/aromatic N) is 1. The number of carbonyl (C=O) groups excluding carboxylic acids is 2. The van der Waals surface area contributed by atoms with Crippen molar-refractivity contribution in [3.8, 4) is 5.75 Å². The van der Waals surface area contributed by atoms with Crippen LogP contribution in [0.1, 0.15) is 39.5 Å². The van der Waals surface area contributed by atoms with Gasteiger partial charge in [0, 0.05) is 18.8 Å². The molecule has 2 amide bonds. The van der Waals surface area contributed by atoms with Crippen molar-refractivity contribution in [1.29, 1.82) is 0 Å². The van der Waals surface area contributed by atoms with Crippen LogP contribution in [0.4, 0.5) is 5.69 Å². The molecule has 0 radical (unpaired) electrons. The number of likely N-dealkylation sites (N-methyl/N-ethyl adjacent to an activating group) is 1. The Morgan fingerprint density at radius 3 is 2.42 bits per heavy atom. The summed E-state index contributed by atoms with van der Waals surface area (Å²) in [5.41, 5.74) is 5.91. The second kappa shape index (κ2) is 10.00. The number of nitrogens with one attached hydrogen (secondary N) is 1. The molecule has 3 N–H and O–H groups in total. The van der Waals surface area contributed by atoms with E-state index in [-0.39, 0.29) is 30.8 Å². The van der Waals surface area contributed by atoms with Gasteiger partial charge in [-0.25, -0.2) is 0 Å². The monoisotopic (exact) mass is 403 g/mol. The number of anilines is 1. The third-order valence-electron chi connectivity index (χ3n) is 4.61. The van der Waals surface area contributed by atoms with Crippen molar-refractivity contribution in [3.63, 3.8) is 0 Å². The largest absolute Gasteiger partial charge is 0.482 e. The maximum atomic E-state index is 12.3. The van der Waals surface area contributed by atoms with Gasteiger partial charge in [0.1, 0.15) is 5.75 Å². The van der Waals surface area contributed by atoms with Gasteiger partial charge in [0.05, 0.1) is 10.6 Å². The number of hydrogen-bond donors (Lipinski definition) is 2. The smallest absolute Gasteiger partial charge is 0.260 e. The summed E-state index contributed by atoms with van der Waals surface area (Å²) >= 11 is 6.21. The highest BCUT2D eigenvalue weighted by Crippen LogP contribution is 2.31. The first-order chi connectivity index (χ1) is 11.9. The highest BCUT2D eigenvalue weighted by molar-refractivity contribution is 6.32. The van der Waals surface area contributed by atoms with E-state index in [2.05, 4.69) is 5.32 Å². The first kappa shape index (κ1) is 22.5. The molecule has 0 bridgehead atoms. The number of ether oxygens (including phenoxy) is 1. The number of amides is 2. The fourth-order valence-electron chi connectivity index (χ4n) is 2.99. The molecule has 0 aromatic heterocycles. The van der Waals surface area contributed by atoms with Crippen molar-refractivity contribution in [3.05, 3.63) is 23.2 Å². The summed E-state index contributed by atoms with van der Waals surface area (Å²) in [5, 5.41) is 3.15. The predicted molar refractivity (Wildman–Crippen MR) is 106 cm³/mol. The molecule has 1 fully saturated rings. The quantitative estimate of drug-likeness (QED) is 0.731. The zero-order chi connectivity index (χ0) is 18.4. The van der Waals surface area contributed by atoms with Crippen molar-refractivity contribution < 1.29 is 14.3 Å². The Kier molecular flexibility index (Phi) is 8.67. The lowest BCUT2D eigenvalue weighted by Crippen LogP contribution is -2.48. The van der Waals surface area contributed by atoms with Gasteiger partial charge >= 0.3 is 0 Å². The maximum Gasteiger partial charge on any atom is 0.260 e. The standard InChI is InChI=1S/C18H26ClN3O3.ClH/c1-3-22(4-2)16(23)12-25-15-8-7-13(11-14(15)19)21-17(24)18(20)9-5-6-10-18;/h7-8,11H,3-6,9-10,12,20H2,1-2H3,(H,21,24);1H. The Hall–Kier alpha value is -1.50. The summed E-state index contributed by atoms with van der Waals surface area (Å²) in [6, 6.07) is 4.94. The molecule has 146 valence electrons. The molecular weight excluding hydrogens is 377 g/mol. The number of rotatable bonds is 7. The van der Waals surface area contributed by atoms with E-state index in [1.54, 1.807) is 23.1 Å². The first-order valence-electron chi connectivity index (χ1n) is 8.70. The van der Waals surface area contributed by atoms with Crippen LogP contribution in [0.2, 0.25) is 5.02 Å². The van der Waals surface area contributed by atoms with Crippen LogP contribution in [0.15, 0.2) is 18.2 Å². The number of benzene rings is 1. The Morgan fingerprint density at radius 2 is 1.88 bits per heavy atom. The van der Waals surface area contributed by atoms with E-state index in [1.165, 1.54) is 0 Å². The molecular formula is C18H27Cl2N3O3. The summed E-state index contributed by atoms with van der Waals surface area (Å²) in [5.74, 6) is 0.125. The topological polar surface area (TPSA) is 84.7 Å². The van der Waals surface area contributed by atoms with Crippen LogP contribution >= 0.6 is 24.0 Å². The van der Waals surface area contributed by atoms with E-state index in [4.69, 9.17) is 22.1 Å². The van der Waals surface area contributed by atoms with E-state index in [0.29, 0.717) is 42.4 Å². The lowest BCUT2D eigenvalue weighted by Gasteiger charge is -2.22. The summed E-state index contributed by atoms with van der Waals surface area (Å²) in [6.45, 7) is 5.04. The average Bonchev–Trinajstić information content (AvgIpc) is 3.03. The lowest BCUT2D eigenvalue weighted by molar-refractivity contribution is -0.133. The van der Waals surface area contributed by atoms with Crippen LogP contribution in [-0.2, 0) is 9.59 Å². The van der Waals surface area contributed by atoms with Crippen molar-refractivity contribution in [1.82, 2.24) is 4.90 Å². The average molecular weight is 404 g/mol. The van der Waals surface area contributed by atoms with Crippen molar-refractivity contribution in [2.75, 3.05) is 25.0 Å². The van der Waals surface area contributed by atoms with Gasteiger partial charge in [-0.1, -0.05) is 24.4 Å². The number of halogens is 2. The third kappa shape index (κ3) is 5.50. The number of carbonyl (C=O) groups is 2. The van der Waals surface area contributed by atoms with Gasteiger partial charge < -0.3 is 20.7 Å². The summed E-state index contributed by atoms with van der Waals surface area (Å²) in [7, 11) is 0. The molecule has 1 aliphatic rings. The molecule has 1 aromatic carbocycles. The van der Waals surface area contributed by atoms with E-state index in [1.807, 2.05) is 13.8 Å². The molecule has 0 unspecified atom stereocenters. The van der Waals surface area contributed by atoms with Crippen LogP contribution in [0.5, 0.6) is 5.75 Å². The molecule has 0 aliphatic heterocycles. The van der Waals surface area contributed by atoms with Crippen LogP contribution in [0.3, 0.4) is 0 Å². The summed E-state index contributed by atoms with van der Waals surface area (Å²) < 4.78 is 5.50. The molecule has 26 heavy (non-hydrogen) atoms. The first-order valence-corrected chi connectivity index (χ1v) is 9.08. The van der Waals surface area contributed by atoms with Crippen LogP contribution < -0.4 is 15.8 Å². The Morgan fingerprint density at radius 1 is 1.27 bits per heavy atom. The Balaban J connectivity index is 0.00000338. The highest BCUT2D eigenvalue weighted by atomic mass is 35.5. The van der Waals surface area contributed by atoms with Gasteiger partial charge in [0.2, 0.25) is 5.91 Å². The molecule has 0 spiro atoms. The number of hydrogen-bond acceptors (Lipinski definition) is 4. The number of nitrogens with two attached hydrogens (primary N) is 1. The minimum Gasteiger partial charge on any atom is -0.482 e. The van der Waals surface area contributed by atoms with Crippen molar-refractivity contribution in [2.45, 2.75) is 45.1 Å². The molecule has 0 heterocycles. The summed E-state index contributed by atoms with van der Waals surface area (Å²) in [6.07, 6.45) is 3.33. The SMILES string of the molecule is CCN(CC)C(=O)COc1ccc(NC(=O)C2(N)CCCC2)cc1Cl.Cl. The van der Waals surface area contributed by atoms with Gasteiger partial charge in [-0.3, -0.25) is 9.59 Å². The van der Waals surface area contributed by atoms with E-state index in [0.717, 1.165) is 12.8 Å². The molecule has 1 aromatic rings. The minimum absolute atomic E-state index is 0. The molecule has 1 aliphatic carbocycles. The van der Waals surface area contributed by atoms with Gasteiger partial charge in [0.15, 0.2) is 6.61 Å². The van der Waals surface area contributed by atoms with Crippen LogP contribution in [0, 0.1) is 0 Å². The maximum absolute atomic E-state index is 12.3. The second-order valence-electron chi connectivity index (χ2n) is 6.32. The molecule has 2 rings (SSSR count). The van der Waals surface area contributed by atoms with Gasteiger partial charge in [0.25, 0.3) is 5.91 Å². The van der Waals surface area contributed by atoms with Crippen molar-refractivity contribution in [2.24, 2.45) is 5.73 Å². The normalized spacial score (nSPS) is 15.1. The Labute approximate surface area is 165 Å². The lowest BCUT2D eigenvalue weighted by atomic mass is 9.98. The predicted octanol–water partition coefficient (Wildman–Crippen LogP) is 3.22. The fourth-order valence-corrected chi connectivity index (χ4v) is 3.23. The van der Waals surface area contributed by atoms with E-state index < -0.39 is 5.54 Å². The van der Waals surface area contributed by atoms with Crippen LogP contribution in [-0.4, -0.2) is 41.9 Å². The van der Waals surface area contributed by atoms with Crippen molar-refractivity contribution >= 4 is 41.5 Å². The van der Waals surface area contributed by atoms with Gasteiger partial charge in [-0.05, 0) is 44.9 Å². The zero-order valence-corrected chi connectivity index (χ0v) is 16.8. The van der Waals surface area contributed by atoms with Crippen LogP contribution in [0.25, 0.3) is 0 Å². The molecule has 1 saturated carbocycles. The highest BCUT2D eigenvalue weighted by Gasteiger charge is 2.37. The zero-order valence-electron chi connectivity index (χ0n) is 15.2. The fraction of sp³-hybridized carbons (Fsp3) is 0.556. The van der Waals surface area contributed by atoms with E-state index in [9.17, 15) is 9.59 Å². The molecule has 8 heteroatoms. The molecule has 0 atom stereocenters. The van der Waals surface area contributed by atoms with E-state index >= 15 is 0 Å². The van der Waals surface area contributed by atoms with Gasteiger partial charge in [-0.15, -0.1) is 12.4 Å². The summed E-state index contributed by atoms with van der Waals surface area (Å²) in [4.78, 5) is 26.0. The third-order valence-corrected chi connectivity index (χ3v) is 4.90. The van der Waals surface area contributed by atoms with Gasteiger partial charge in [-0.2, -0.15) is 0 Å². The molecule has 0 saturated heterocycles.